The first kappa shape index (κ1) is 15.6. The van der Waals surface area contributed by atoms with E-state index in [1.165, 1.54) is 0 Å². The number of nitrogens with zero attached hydrogens (tertiary/aromatic N) is 3. The summed E-state index contributed by atoms with van der Waals surface area (Å²) in [5.41, 5.74) is 0.371. The van der Waals surface area contributed by atoms with Crippen LogP contribution in [0.5, 0.6) is 0 Å². The molecule has 3 heterocycles. The van der Waals surface area contributed by atoms with Gasteiger partial charge in [0.1, 0.15) is 17.0 Å². The van der Waals surface area contributed by atoms with Gasteiger partial charge in [-0.15, -0.1) is 0 Å². The van der Waals surface area contributed by atoms with Crippen LogP contribution in [0.25, 0.3) is 11.0 Å². The Hall–Kier alpha value is -2.24. The van der Waals surface area contributed by atoms with Gasteiger partial charge in [0.25, 0.3) is 0 Å². The molecule has 0 saturated carbocycles. The van der Waals surface area contributed by atoms with E-state index in [1.807, 2.05) is 32.9 Å². The van der Waals surface area contributed by atoms with Crippen molar-refractivity contribution in [1.29, 1.82) is 0 Å². The summed E-state index contributed by atoms with van der Waals surface area (Å²) in [5.74, 6) is 0.919. The van der Waals surface area contributed by atoms with E-state index in [-0.39, 0.29) is 6.09 Å². The van der Waals surface area contributed by atoms with Crippen molar-refractivity contribution in [3.8, 4) is 0 Å². The van der Waals surface area contributed by atoms with Crippen LogP contribution in [0.3, 0.4) is 0 Å². The van der Waals surface area contributed by atoms with Gasteiger partial charge in [-0.2, -0.15) is 0 Å². The number of carbonyl (C=O) groups excluding carboxylic acids is 1. The van der Waals surface area contributed by atoms with E-state index in [0.717, 1.165) is 36.3 Å². The Balaban J connectivity index is 1.71. The smallest absolute Gasteiger partial charge is 0.410 e. The maximum atomic E-state index is 12.2. The van der Waals surface area contributed by atoms with Gasteiger partial charge in [-0.25, -0.2) is 9.78 Å². The molecular weight excluding hydrogens is 294 g/mol. The van der Waals surface area contributed by atoms with Crippen molar-refractivity contribution in [2.24, 2.45) is 0 Å². The predicted molar refractivity (Wildman–Crippen MR) is 88.6 cm³/mol. The summed E-state index contributed by atoms with van der Waals surface area (Å²) in [5, 5.41) is 1.01. The van der Waals surface area contributed by atoms with Crippen molar-refractivity contribution < 1.29 is 13.9 Å². The highest BCUT2D eigenvalue weighted by Gasteiger charge is 2.25. The second-order valence-corrected chi connectivity index (χ2v) is 6.77. The summed E-state index contributed by atoms with van der Waals surface area (Å²) in [6.07, 6.45) is 4.09. The van der Waals surface area contributed by atoms with Crippen molar-refractivity contribution in [3.05, 3.63) is 24.6 Å². The topological polar surface area (TPSA) is 58.8 Å². The molecule has 0 N–H and O–H groups in total. The van der Waals surface area contributed by atoms with Crippen LogP contribution in [0.15, 0.2) is 29.0 Å². The molecule has 0 atom stereocenters. The summed E-state index contributed by atoms with van der Waals surface area (Å²) in [6.45, 7) is 8.58. The standard InChI is InChI=1S/C17H23N3O3/c1-17(2,3)23-16(21)20-9-4-8-19(10-11-20)15-13-6-12-22-14(13)5-7-18-15/h5-7,12H,4,8-11H2,1-3H3. The molecule has 1 fully saturated rings. The van der Waals surface area contributed by atoms with Crippen molar-refractivity contribution in [1.82, 2.24) is 9.88 Å². The highest BCUT2D eigenvalue weighted by Crippen LogP contribution is 2.26. The van der Waals surface area contributed by atoms with Crippen molar-refractivity contribution in [2.45, 2.75) is 32.8 Å². The Morgan fingerprint density at radius 3 is 2.83 bits per heavy atom. The minimum atomic E-state index is -0.465. The van der Waals surface area contributed by atoms with E-state index in [9.17, 15) is 4.79 Å². The van der Waals surface area contributed by atoms with Crippen LogP contribution in [0, 0.1) is 0 Å². The lowest BCUT2D eigenvalue weighted by atomic mass is 10.2. The second kappa shape index (κ2) is 6.10. The molecule has 1 aliphatic rings. The number of ether oxygens (including phenoxy) is 1. The normalized spacial score (nSPS) is 16.5. The van der Waals surface area contributed by atoms with Crippen LogP contribution in [-0.4, -0.2) is 47.8 Å². The molecule has 1 aliphatic heterocycles. The van der Waals surface area contributed by atoms with Crippen molar-refractivity contribution in [2.75, 3.05) is 31.1 Å². The molecule has 6 heteroatoms. The fourth-order valence-electron chi connectivity index (χ4n) is 2.77. The van der Waals surface area contributed by atoms with Crippen LogP contribution >= 0.6 is 0 Å². The van der Waals surface area contributed by atoms with Gasteiger partial charge in [0, 0.05) is 32.4 Å². The molecule has 1 saturated heterocycles. The molecule has 6 nitrogen and oxygen atoms in total. The SMILES string of the molecule is CC(C)(C)OC(=O)N1CCCN(c2nccc3occc23)CC1. The average Bonchev–Trinajstić information content (AvgIpc) is 2.81. The zero-order valence-electron chi connectivity index (χ0n) is 13.9. The molecule has 1 amide bonds. The van der Waals surface area contributed by atoms with Gasteiger partial charge in [-0.05, 0) is 39.3 Å². The molecule has 124 valence electrons. The number of carbonyl (C=O) groups is 1. The van der Waals surface area contributed by atoms with Crippen LogP contribution in [0.4, 0.5) is 10.6 Å². The van der Waals surface area contributed by atoms with Crippen LogP contribution in [0.2, 0.25) is 0 Å². The molecule has 2 aromatic heterocycles. The highest BCUT2D eigenvalue weighted by molar-refractivity contribution is 5.88. The summed E-state index contributed by atoms with van der Waals surface area (Å²) in [6, 6.07) is 3.80. The van der Waals surface area contributed by atoms with Gasteiger partial charge in [0.15, 0.2) is 0 Å². The molecule has 0 bridgehead atoms. The average molecular weight is 317 g/mol. The van der Waals surface area contributed by atoms with Gasteiger partial charge in [0.2, 0.25) is 0 Å². The minimum absolute atomic E-state index is 0.242. The summed E-state index contributed by atoms with van der Waals surface area (Å²) in [4.78, 5) is 20.7. The number of aromatic nitrogens is 1. The number of hydrogen-bond acceptors (Lipinski definition) is 5. The van der Waals surface area contributed by atoms with Crippen molar-refractivity contribution >= 4 is 22.9 Å². The van der Waals surface area contributed by atoms with E-state index >= 15 is 0 Å². The lowest BCUT2D eigenvalue weighted by Crippen LogP contribution is -2.39. The third-order valence-electron chi connectivity index (χ3n) is 3.81. The first-order chi connectivity index (χ1) is 10.9. The predicted octanol–water partition coefficient (Wildman–Crippen LogP) is 3.28. The van der Waals surface area contributed by atoms with Crippen LogP contribution in [0.1, 0.15) is 27.2 Å². The number of fused-ring (bicyclic) bond motifs is 1. The maximum Gasteiger partial charge on any atom is 0.410 e. The Morgan fingerprint density at radius 2 is 2.04 bits per heavy atom. The van der Waals surface area contributed by atoms with Crippen LogP contribution < -0.4 is 4.90 Å². The Morgan fingerprint density at radius 1 is 1.22 bits per heavy atom. The first-order valence-electron chi connectivity index (χ1n) is 7.99. The number of amides is 1. The van der Waals surface area contributed by atoms with E-state index < -0.39 is 5.60 Å². The van der Waals surface area contributed by atoms with Gasteiger partial charge in [-0.3, -0.25) is 0 Å². The van der Waals surface area contributed by atoms with Gasteiger partial charge in [0.05, 0.1) is 11.6 Å². The number of hydrogen-bond donors (Lipinski definition) is 0. The monoisotopic (exact) mass is 317 g/mol. The molecular formula is C17H23N3O3. The number of rotatable bonds is 1. The van der Waals surface area contributed by atoms with Crippen LogP contribution in [-0.2, 0) is 4.74 Å². The lowest BCUT2D eigenvalue weighted by molar-refractivity contribution is 0.0263. The molecule has 2 aromatic rings. The zero-order chi connectivity index (χ0) is 16.4. The molecule has 0 aromatic carbocycles. The highest BCUT2D eigenvalue weighted by atomic mass is 16.6. The largest absolute Gasteiger partial charge is 0.464 e. The van der Waals surface area contributed by atoms with E-state index in [1.54, 1.807) is 17.4 Å². The zero-order valence-corrected chi connectivity index (χ0v) is 13.9. The van der Waals surface area contributed by atoms with Crippen molar-refractivity contribution in [3.63, 3.8) is 0 Å². The lowest BCUT2D eigenvalue weighted by Gasteiger charge is -2.26. The third-order valence-corrected chi connectivity index (χ3v) is 3.81. The Labute approximate surface area is 136 Å². The minimum Gasteiger partial charge on any atom is -0.464 e. The third kappa shape index (κ3) is 3.57. The molecule has 0 aliphatic carbocycles. The van der Waals surface area contributed by atoms with Gasteiger partial charge < -0.3 is 19.0 Å². The fourth-order valence-corrected chi connectivity index (χ4v) is 2.77. The van der Waals surface area contributed by atoms with Gasteiger partial charge in [-0.1, -0.05) is 0 Å². The Kier molecular flexibility index (Phi) is 4.15. The maximum absolute atomic E-state index is 12.2. The quantitative estimate of drug-likeness (QED) is 0.808. The molecule has 3 rings (SSSR count). The summed E-state index contributed by atoms with van der Waals surface area (Å²) in [7, 11) is 0. The summed E-state index contributed by atoms with van der Waals surface area (Å²) >= 11 is 0. The number of furan rings is 1. The molecule has 23 heavy (non-hydrogen) atoms. The Bertz CT molecular complexity index is 690. The van der Waals surface area contributed by atoms with Gasteiger partial charge >= 0.3 is 6.09 Å². The van der Waals surface area contributed by atoms with E-state index in [4.69, 9.17) is 9.15 Å². The number of pyridine rings is 1. The second-order valence-electron chi connectivity index (χ2n) is 6.77. The summed E-state index contributed by atoms with van der Waals surface area (Å²) < 4.78 is 10.9. The first-order valence-corrected chi connectivity index (χ1v) is 7.99. The van der Waals surface area contributed by atoms with E-state index in [0.29, 0.717) is 13.1 Å². The van der Waals surface area contributed by atoms with E-state index in [2.05, 4.69) is 9.88 Å². The molecule has 0 unspecified atom stereocenters. The number of anilines is 1. The molecule has 0 radical (unpaired) electrons. The fraction of sp³-hybridized carbons (Fsp3) is 0.529. The molecule has 0 spiro atoms.